The molecule has 2 fully saturated rings. The molecule has 2 saturated heterocycles. The first-order valence-electron chi connectivity index (χ1n) is 12.7. The Kier molecular flexibility index (Phi) is 7.69. The standard InChI is InChI=1S/C28H29N5O4S/c29-18-22(28(34)30-19-25-11-7-15-37-25)16-23-20-33(24-9-2-1-3-10-24)31-27(23)21-8-6-12-26(17-21)38(35,36)32-13-4-5-14-32/h1-3,6,8-10,12,16-17,20,25H,4-5,7,11,13-15,19H2,(H,30,34)/b22-16-/t25-/m1/s1. The first-order valence-corrected chi connectivity index (χ1v) is 14.2. The van der Waals surface area contributed by atoms with Gasteiger partial charge in [-0.3, -0.25) is 4.79 Å². The van der Waals surface area contributed by atoms with Gasteiger partial charge in [-0.25, -0.2) is 13.1 Å². The molecule has 0 spiro atoms. The molecule has 10 heteroatoms. The number of hydrogen-bond donors (Lipinski definition) is 1. The molecule has 0 radical (unpaired) electrons. The molecular formula is C28H29N5O4S. The summed E-state index contributed by atoms with van der Waals surface area (Å²) in [5, 5.41) is 17.3. The Hall–Kier alpha value is -3.78. The fraction of sp³-hybridized carbons (Fsp3) is 0.321. The van der Waals surface area contributed by atoms with Crippen LogP contribution in [-0.4, -0.2) is 60.8 Å². The van der Waals surface area contributed by atoms with Crippen LogP contribution in [0.5, 0.6) is 0 Å². The molecule has 0 bridgehead atoms. The van der Waals surface area contributed by atoms with E-state index in [1.165, 1.54) is 10.4 Å². The van der Waals surface area contributed by atoms with Gasteiger partial charge < -0.3 is 10.1 Å². The highest BCUT2D eigenvalue weighted by atomic mass is 32.2. The summed E-state index contributed by atoms with van der Waals surface area (Å²) < 4.78 is 35.1. The average Bonchev–Trinajstić information content (AvgIpc) is 3.73. The van der Waals surface area contributed by atoms with E-state index in [-0.39, 0.29) is 16.6 Å². The van der Waals surface area contributed by atoms with Crippen molar-refractivity contribution in [2.45, 2.75) is 36.7 Å². The molecule has 9 nitrogen and oxygen atoms in total. The summed E-state index contributed by atoms with van der Waals surface area (Å²) in [5.41, 5.74) is 2.27. The van der Waals surface area contributed by atoms with Gasteiger partial charge in [0, 0.05) is 43.6 Å². The van der Waals surface area contributed by atoms with Gasteiger partial charge >= 0.3 is 0 Å². The third-order valence-corrected chi connectivity index (χ3v) is 8.65. The number of rotatable bonds is 8. The monoisotopic (exact) mass is 531 g/mol. The number of nitrogens with one attached hydrogen (secondary N) is 1. The molecule has 2 aliphatic rings. The zero-order chi connectivity index (χ0) is 26.5. The van der Waals surface area contributed by atoms with Crippen LogP contribution < -0.4 is 5.32 Å². The Morgan fingerprint density at radius 2 is 1.92 bits per heavy atom. The van der Waals surface area contributed by atoms with Crippen LogP contribution in [0.1, 0.15) is 31.2 Å². The first kappa shape index (κ1) is 25.9. The molecule has 5 rings (SSSR count). The second-order valence-corrected chi connectivity index (χ2v) is 11.3. The van der Waals surface area contributed by atoms with Gasteiger partial charge in [-0.05, 0) is 56.0 Å². The van der Waals surface area contributed by atoms with Crippen molar-refractivity contribution < 1.29 is 17.9 Å². The number of hydrogen-bond acceptors (Lipinski definition) is 6. The maximum atomic E-state index is 13.2. The summed E-state index contributed by atoms with van der Waals surface area (Å²) >= 11 is 0. The lowest BCUT2D eigenvalue weighted by molar-refractivity contribution is -0.117. The third kappa shape index (κ3) is 5.55. The number of sulfonamides is 1. The second kappa shape index (κ2) is 11.3. The zero-order valence-electron chi connectivity index (χ0n) is 20.9. The fourth-order valence-electron chi connectivity index (χ4n) is 4.72. The van der Waals surface area contributed by atoms with Crippen LogP contribution in [0, 0.1) is 11.3 Å². The maximum absolute atomic E-state index is 13.2. The number of para-hydroxylation sites is 1. The highest BCUT2D eigenvalue weighted by molar-refractivity contribution is 7.89. The summed E-state index contributed by atoms with van der Waals surface area (Å²) in [6, 6.07) is 18.1. The van der Waals surface area contributed by atoms with E-state index < -0.39 is 15.9 Å². The van der Waals surface area contributed by atoms with Crippen LogP contribution in [0.2, 0.25) is 0 Å². The minimum atomic E-state index is -3.63. The van der Waals surface area contributed by atoms with E-state index in [1.54, 1.807) is 35.1 Å². The molecule has 0 unspecified atom stereocenters. The van der Waals surface area contributed by atoms with Crippen molar-refractivity contribution in [1.29, 1.82) is 5.26 Å². The number of carbonyl (C=O) groups excluding carboxylic acids is 1. The maximum Gasteiger partial charge on any atom is 0.262 e. The number of benzene rings is 2. The van der Waals surface area contributed by atoms with E-state index in [0.717, 1.165) is 31.4 Å². The van der Waals surface area contributed by atoms with Crippen molar-refractivity contribution in [2.24, 2.45) is 0 Å². The zero-order valence-corrected chi connectivity index (χ0v) is 21.7. The highest BCUT2D eigenvalue weighted by Gasteiger charge is 2.28. The SMILES string of the molecule is N#C/C(=C/c1cn(-c2ccccc2)nc1-c1cccc(S(=O)(=O)N2CCCC2)c1)C(=O)NC[C@H]1CCCO1. The number of amides is 1. The molecule has 196 valence electrons. The largest absolute Gasteiger partial charge is 0.376 e. The van der Waals surface area contributed by atoms with E-state index in [0.29, 0.717) is 43.1 Å². The van der Waals surface area contributed by atoms with Gasteiger partial charge in [0.2, 0.25) is 10.0 Å². The molecule has 3 heterocycles. The van der Waals surface area contributed by atoms with Crippen LogP contribution >= 0.6 is 0 Å². The molecule has 0 aliphatic carbocycles. The van der Waals surface area contributed by atoms with Crippen LogP contribution in [0.3, 0.4) is 0 Å². The molecule has 2 aliphatic heterocycles. The molecule has 1 amide bonds. The summed E-state index contributed by atoms with van der Waals surface area (Å²) in [5.74, 6) is -0.494. The van der Waals surface area contributed by atoms with Crippen LogP contribution in [0.15, 0.2) is 71.3 Å². The molecule has 3 aromatic rings. The fourth-order valence-corrected chi connectivity index (χ4v) is 6.29. The van der Waals surface area contributed by atoms with Crippen molar-refractivity contribution in [3.05, 3.63) is 71.9 Å². The number of nitriles is 1. The van der Waals surface area contributed by atoms with Gasteiger partial charge in [0.15, 0.2) is 0 Å². The molecule has 1 atom stereocenters. The number of aromatic nitrogens is 2. The molecule has 1 N–H and O–H groups in total. The van der Waals surface area contributed by atoms with Gasteiger partial charge in [-0.2, -0.15) is 14.7 Å². The Labute approximate surface area is 222 Å². The second-order valence-electron chi connectivity index (χ2n) is 9.37. The molecular weight excluding hydrogens is 502 g/mol. The Morgan fingerprint density at radius 1 is 1.13 bits per heavy atom. The normalized spacial score (nSPS) is 18.4. The predicted octanol–water partition coefficient (Wildman–Crippen LogP) is 3.53. The van der Waals surface area contributed by atoms with Gasteiger partial charge in [-0.1, -0.05) is 30.3 Å². The van der Waals surface area contributed by atoms with Crippen molar-refractivity contribution in [3.8, 4) is 23.0 Å². The minimum Gasteiger partial charge on any atom is -0.376 e. The van der Waals surface area contributed by atoms with E-state index in [1.807, 2.05) is 36.4 Å². The van der Waals surface area contributed by atoms with Gasteiger partial charge in [0.25, 0.3) is 5.91 Å². The summed E-state index contributed by atoms with van der Waals surface area (Å²) in [4.78, 5) is 13.0. The first-order chi connectivity index (χ1) is 18.5. The van der Waals surface area contributed by atoms with Crippen molar-refractivity contribution in [3.63, 3.8) is 0 Å². The Balaban J connectivity index is 1.52. The van der Waals surface area contributed by atoms with Crippen LogP contribution in [0.25, 0.3) is 23.0 Å². The van der Waals surface area contributed by atoms with Crippen LogP contribution in [0.4, 0.5) is 0 Å². The lowest BCUT2D eigenvalue weighted by Crippen LogP contribution is -2.32. The average molecular weight is 532 g/mol. The van der Waals surface area contributed by atoms with Crippen LogP contribution in [-0.2, 0) is 19.6 Å². The van der Waals surface area contributed by atoms with Crippen molar-refractivity contribution in [2.75, 3.05) is 26.2 Å². The third-order valence-electron chi connectivity index (χ3n) is 6.75. The summed E-state index contributed by atoms with van der Waals surface area (Å²) in [6.07, 6.45) is 6.70. The van der Waals surface area contributed by atoms with Crippen molar-refractivity contribution in [1.82, 2.24) is 19.4 Å². The van der Waals surface area contributed by atoms with E-state index in [2.05, 4.69) is 5.32 Å². The van der Waals surface area contributed by atoms with E-state index in [9.17, 15) is 18.5 Å². The Morgan fingerprint density at radius 3 is 2.63 bits per heavy atom. The highest BCUT2D eigenvalue weighted by Crippen LogP contribution is 2.29. The predicted molar refractivity (Wildman–Crippen MR) is 143 cm³/mol. The molecule has 38 heavy (non-hydrogen) atoms. The minimum absolute atomic E-state index is 0.0458. The van der Waals surface area contributed by atoms with Crippen molar-refractivity contribution >= 4 is 22.0 Å². The summed E-state index contributed by atoms with van der Waals surface area (Å²) in [6.45, 7) is 2.03. The van der Waals surface area contributed by atoms with E-state index >= 15 is 0 Å². The number of nitrogens with zero attached hydrogens (tertiary/aromatic N) is 4. The number of carbonyl (C=O) groups is 1. The smallest absolute Gasteiger partial charge is 0.262 e. The number of ether oxygens (including phenoxy) is 1. The van der Waals surface area contributed by atoms with Gasteiger partial charge in [0.1, 0.15) is 17.3 Å². The molecule has 1 aromatic heterocycles. The Bertz CT molecular complexity index is 1480. The summed E-state index contributed by atoms with van der Waals surface area (Å²) in [7, 11) is -3.63. The van der Waals surface area contributed by atoms with Gasteiger partial charge in [-0.15, -0.1) is 0 Å². The topological polar surface area (TPSA) is 117 Å². The van der Waals surface area contributed by atoms with E-state index in [4.69, 9.17) is 9.84 Å². The lowest BCUT2D eigenvalue weighted by Gasteiger charge is -2.16. The molecule has 2 aromatic carbocycles. The lowest BCUT2D eigenvalue weighted by atomic mass is 10.1. The molecule has 0 saturated carbocycles. The quantitative estimate of drug-likeness (QED) is 0.351. The van der Waals surface area contributed by atoms with Gasteiger partial charge in [0.05, 0.1) is 16.7 Å².